The van der Waals surface area contributed by atoms with Gasteiger partial charge < -0.3 is 15.0 Å². The minimum Gasteiger partial charge on any atom is -0.494 e. The quantitative estimate of drug-likeness (QED) is 0.488. The third-order valence-corrected chi connectivity index (χ3v) is 5.47. The first-order valence-electron chi connectivity index (χ1n) is 10.8. The van der Waals surface area contributed by atoms with E-state index in [1.807, 2.05) is 45.0 Å². The van der Waals surface area contributed by atoms with Crippen LogP contribution in [-0.2, 0) is 16.1 Å². The summed E-state index contributed by atoms with van der Waals surface area (Å²) in [6.45, 7) is 8.60. The lowest BCUT2D eigenvalue weighted by atomic mass is 10.1. The van der Waals surface area contributed by atoms with Crippen LogP contribution in [0.3, 0.4) is 0 Å². The molecule has 0 spiro atoms. The first-order chi connectivity index (χ1) is 14.8. The lowest BCUT2D eigenvalue weighted by Crippen LogP contribution is -2.49. The summed E-state index contributed by atoms with van der Waals surface area (Å²) in [5.74, 6) is 0.524. The minimum atomic E-state index is -0.556. The molecule has 0 aliphatic carbocycles. The fourth-order valence-corrected chi connectivity index (χ4v) is 3.27. The van der Waals surface area contributed by atoms with Crippen molar-refractivity contribution in [3.63, 3.8) is 0 Å². The third-order valence-electron chi connectivity index (χ3n) is 5.22. The Hall–Kier alpha value is -2.53. The van der Waals surface area contributed by atoms with Gasteiger partial charge in [0.1, 0.15) is 11.8 Å². The molecule has 0 aliphatic rings. The van der Waals surface area contributed by atoms with Crippen molar-refractivity contribution >= 4 is 23.4 Å². The highest BCUT2D eigenvalue weighted by Crippen LogP contribution is 2.17. The summed E-state index contributed by atoms with van der Waals surface area (Å²) in [4.78, 5) is 27.4. The van der Waals surface area contributed by atoms with Crippen molar-refractivity contribution in [2.45, 2.75) is 65.6 Å². The predicted molar refractivity (Wildman–Crippen MR) is 125 cm³/mol. The Morgan fingerprint density at radius 3 is 2.48 bits per heavy atom. The molecule has 2 aromatic rings. The molecule has 0 radical (unpaired) electrons. The number of hydrogen-bond donors (Lipinski definition) is 1. The van der Waals surface area contributed by atoms with Crippen molar-refractivity contribution in [3.05, 3.63) is 64.7 Å². The van der Waals surface area contributed by atoms with E-state index in [2.05, 4.69) is 5.32 Å². The topological polar surface area (TPSA) is 58.6 Å². The minimum absolute atomic E-state index is 0.0620. The van der Waals surface area contributed by atoms with Gasteiger partial charge in [0.05, 0.1) is 6.61 Å². The second-order valence-corrected chi connectivity index (χ2v) is 8.35. The van der Waals surface area contributed by atoms with E-state index >= 15 is 0 Å². The number of hydrogen-bond acceptors (Lipinski definition) is 3. The normalized spacial score (nSPS) is 12.7. The molecule has 2 atom stereocenters. The van der Waals surface area contributed by atoms with E-state index in [4.69, 9.17) is 16.3 Å². The maximum Gasteiger partial charge on any atom is 0.242 e. The van der Waals surface area contributed by atoms with E-state index in [9.17, 15) is 9.59 Å². The van der Waals surface area contributed by atoms with Crippen molar-refractivity contribution in [2.75, 3.05) is 6.61 Å². The van der Waals surface area contributed by atoms with Gasteiger partial charge in [-0.2, -0.15) is 0 Å². The molecule has 31 heavy (non-hydrogen) atoms. The summed E-state index contributed by atoms with van der Waals surface area (Å²) in [6.07, 6.45) is 1.71. The van der Waals surface area contributed by atoms with Gasteiger partial charge in [-0.05, 0) is 63.4 Å². The Morgan fingerprint density at radius 2 is 1.84 bits per heavy atom. The van der Waals surface area contributed by atoms with Gasteiger partial charge >= 0.3 is 0 Å². The van der Waals surface area contributed by atoms with E-state index in [0.29, 0.717) is 31.0 Å². The first kappa shape index (κ1) is 24.7. The fourth-order valence-electron chi connectivity index (χ4n) is 3.14. The maximum atomic E-state index is 13.1. The Balaban J connectivity index is 2.00. The van der Waals surface area contributed by atoms with Crippen molar-refractivity contribution in [1.29, 1.82) is 0 Å². The fraction of sp³-hybridized carbons (Fsp3) is 0.440. The molecule has 0 heterocycles. The number of benzene rings is 2. The van der Waals surface area contributed by atoms with Crippen LogP contribution >= 0.6 is 11.6 Å². The average molecular weight is 445 g/mol. The Bertz CT molecular complexity index is 854. The molecule has 0 saturated heterocycles. The maximum absolute atomic E-state index is 13.1. The average Bonchev–Trinajstić information content (AvgIpc) is 2.75. The Kier molecular flexibility index (Phi) is 9.86. The lowest BCUT2D eigenvalue weighted by Gasteiger charge is -2.30. The van der Waals surface area contributed by atoms with Crippen LogP contribution in [-0.4, -0.2) is 35.4 Å². The van der Waals surface area contributed by atoms with Crippen molar-refractivity contribution in [3.8, 4) is 5.75 Å². The van der Waals surface area contributed by atoms with Crippen molar-refractivity contribution in [1.82, 2.24) is 10.2 Å². The molecule has 168 valence electrons. The number of aryl methyl sites for hydroxylation is 1. The zero-order chi connectivity index (χ0) is 22.8. The van der Waals surface area contributed by atoms with Gasteiger partial charge in [-0.3, -0.25) is 9.59 Å². The van der Waals surface area contributed by atoms with Crippen LogP contribution in [0.15, 0.2) is 48.5 Å². The smallest absolute Gasteiger partial charge is 0.242 e. The number of nitrogens with one attached hydrogen (secondary N) is 1. The molecule has 2 amide bonds. The van der Waals surface area contributed by atoms with E-state index in [-0.39, 0.29) is 17.9 Å². The summed E-state index contributed by atoms with van der Waals surface area (Å²) >= 11 is 5.88. The molecule has 0 aliphatic heterocycles. The van der Waals surface area contributed by atoms with Crippen LogP contribution in [0.5, 0.6) is 5.75 Å². The van der Waals surface area contributed by atoms with Gasteiger partial charge in [-0.15, -0.1) is 0 Å². The van der Waals surface area contributed by atoms with Gasteiger partial charge in [0.15, 0.2) is 0 Å². The van der Waals surface area contributed by atoms with E-state index in [1.165, 1.54) is 0 Å². The molecule has 0 bridgehead atoms. The van der Waals surface area contributed by atoms with Crippen LogP contribution in [0.25, 0.3) is 0 Å². The van der Waals surface area contributed by atoms with Crippen LogP contribution in [0, 0.1) is 6.92 Å². The summed E-state index contributed by atoms with van der Waals surface area (Å²) < 4.78 is 5.69. The largest absolute Gasteiger partial charge is 0.494 e. The number of nitrogens with zero attached hydrogens (tertiary/aromatic N) is 1. The Morgan fingerprint density at radius 1 is 1.13 bits per heavy atom. The summed E-state index contributed by atoms with van der Waals surface area (Å²) in [5, 5.41) is 3.64. The molecule has 6 heteroatoms. The summed E-state index contributed by atoms with van der Waals surface area (Å²) in [6, 6.07) is 14.7. The monoisotopic (exact) mass is 444 g/mol. The van der Waals surface area contributed by atoms with Crippen LogP contribution < -0.4 is 10.1 Å². The number of carbonyl (C=O) groups excluding carboxylic acids is 2. The number of carbonyl (C=O) groups is 2. The zero-order valence-electron chi connectivity index (χ0n) is 18.9. The van der Waals surface area contributed by atoms with Gasteiger partial charge in [0.25, 0.3) is 0 Å². The van der Waals surface area contributed by atoms with Crippen molar-refractivity contribution < 1.29 is 14.3 Å². The highest BCUT2D eigenvalue weighted by atomic mass is 35.5. The molecule has 5 nitrogen and oxygen atoms in total. The number of ether oxygens (including phenoxy) is 1. The standard InChI is InChI=1S/C25H33ClN2O3/c1-5-19(3)27-25(30)20(4)28(17-21-9-6-8-18(2)16-21)24(29)10-7-15-31-23-13-11-22(26)12-14-23/h6,8-9,11-14,16,19-20H,5,7,10,15,17H2,1-4H3,(H,27,30)/t19-,20+/m1/s1. The number of amides is 2. The van der Waals surface area contributed by atoms with Gasteiger partial charge in [0.2, 0.25) is 11.8 Å². The number of rotatable bonds is 11. The first-order valence-corrected chi connectivity index (χ1v) is 11.2. The van der Waals surface area contributed by atoms with E-state index < -0.39 is 6.04 Å². The molecular weight excluding hydrogens is 412 g/mol. The van der Waals surface area contributed by atoms with Crippen LogP contribution in [0.2, 0.25) is 5.02 Å². The van der Waals surface area contributed by atoms with E-state index in [0.717, 1.165) is 23.3 Å². The Labute approximate surface area is 190 Å². The third kappa shape index (κ3) is 8.25. The van der Waals surface area contributed by atoms with Crippen LogP contribution in [0.1, 0.15) is 51.2 Å². The van der Waals surface area contributed by atoms with E-state index in [1.54, 1.807) is 36.1 Å². The molecule has 1 N–H and O–H groups in total. The molecule has 0 aromatic heterocycles. The molecule has 0 saturated carbocycles. The molecule has 0 unspecified atom stereocenters. The van der Waals surface area contributed by atoms with Crippen molar-refractivity contribution in [2.24, 2.45) is 0 Å². The summed E-state index contributed by atoms with van der Waals surface area (Å²) in [5.41, 5.74) is 2.13. The SMILES string of the molecule is CC[C@@H](C)NC(=O)[C@H](C)N(Cc1cccc(C)c1)C(=O)CCCOc1ccc(Cl)cc1. The highest BCUT2D eigenvalue weighted by molar-refractivity contribution is 6.30. The van der Waals surface area contributed by atoms with Gasteiger partial charge in [-0.25, -0.2) is 0 Å². The van der Waals surface area contributed by atoms with Crippen LogP contribution in [0.4, 0.5) is 0 Å². The molecular formula is C25H33ClN2O3. The second kappa shape index (κ2) is 12.4. The summed E-state index contributed by atoms with van der Waals surface area (Å²) in [7, 11) is 0. The molecule has 2 rings (SSSR count). The second-order valence-electron chi connectivity index (χ2n) is 7.91. The molecule has 2 aromatic carbocycles. The predicted octanol–water partition coefficient (Wildman–Crippen LogP) is 5.14. The lowest BCUT2D eigenvalue weighted by molar-refractivity contribution is -0.141. The highest BCUT2D eigenvalue weighted by Gasteiger charge is 2.26. The molecule has 0 fully saturated rings. The number of halogens is 1. The van der Waals surface area contributed by atoms with Gasteiger partial charge in [0, 0.05) is 24.0 Å². The van der Waals surface area contributed by atoms with Gasteiger partial charge in [-0.1, -0.05) is 48.4 Å². The zero-order valence-corrected chi connectivity index (χ0v) is 19.6.